The number of piperidine rings is 1. The van der Waals surface area contributed by atoms with E-state index in [1.807, 2.05) is 0 Å². The Kier molecular flexibility index (Phi) is 4.55. The summed E-state index contributed by atoms with van der Waals surface area (Å²) in [5.41, 5.74) is 0. The maximum absolute atomic E-state index is 5.71. The molecule has 0 amide bonds. The van der Waals surface area contributed by atoms with Crippen molar-refractivity contribution in [1.82, 2.24) is 15.3 Å². The second kappa shape index (κ2) is 6.39. The molecule has 0 saturated carbocycles. The summed E-state index contributed by atoms with van der Waals surface area (Å²) in [6.45, 7) is 4.66. The van der Waals surface area contributed by atoms with Gasteiger partial charge in [0.1, 0.15) is 6.10 Å². The summed E-state index contributed by atoms with van der Waals surface area (Å²) < 4.78 is 11.1. The minimum Gasteiger partial charge on any atom is -0.478 e. The molecule has 0 spiro atoms. The number of aromatic nitrogens is 2. The molecular formula is C12H19N3O2. The van der Waals surface area contributed by atoms with Crippen molar-refractivity contribution in [1.29, 1.82) is 0 Å². The molecule has 5 nitrogen and oxygen atoms in total. The third-order valence-electron chi connectivity index (χ3n) is 2.59. The molecular weight excluding hydrogens is 218 g/mol. The van der Waals surface area contributed by atoms with Crippen molar-refractivity contribution in [3.05, 3.63) is 12.3 Å². The number of ether oxygens (including phenoxy) is 2. The van der Waals surface area contributed by atoms with E-state index >= 15 is 0 Å². The van der Waals surface area contributed by atoms with E-state index in [0.29, 0.717) is 18.5 Å². The molecule has 0 radical (unpaired) electrons. The lowest BCUT2D eigenvalue weighted by Gasteiger charge is -2.22. The second-order valence-corrected chi connectivity index (χ2v) is 4.11. The van der Waals surface area contributed by atoms with Crippen LogP contribution in [0.2, 0.25) is 0 Å². The summed E-state index contributed by atoms with van der Waals surface area (Å²) in [4.78, 5) is 8.32. The molecule has 0 bridgehead atoms. The Balaban J connectivity index is 1.90. The third-order valence-corrected chi connectivity index (χ3v) is 2.59. The standard InChI is InChI=1S/C12H19N3O2/c1-2-8-16-11-5-7-14-12(15-11)17-10-4-3-6-13-9-10/h5,7,10,13H,2-4,6,8-9H2,1H3. The molecule has 1 saturated heterocycles. The van der Waals surface area contributed by atoms with E-state index in [9.17, 15) is 0 Å². The first-order valence-corrected chi connectivity index (χ1v) is 6.21. The Morgan fingerprint density at radius 3 is 3.24 bits per heavy atom. The SMILES string of the molecule is CCCOc1ccnc(OC2CCCNC2)n1. The van der Waals surface area contributed by atoms with Crippen LogP contribution >= 0.6 is 0 Å². The molecule has 94 valence electrons. The van der Waals surface area contributed by atoms with E-state index in [-0.39, 0.29) is 6.10 Å². The minimum absolute atomic E-state index is 0.171. The van der Waals surface area contributed by atoms with Gasteiger partial charge in [0.25, 0.3) is 0 Å². The topological polar surface area (TPSA) is 56.3 Å². The molecule has 17 heavy (non-hydrogen) atoms. The van der Waals surface area contributed by atoms with Crippen LogP contribution in [-0.2, 0) is 0 Å². The summed E-state index contributed by atoms with van der Waals surface area (Å²) in [7, 11) is 0. The molecule has 5 heteroatoms. The van der Waals surface area contributed by atoms with Crippen molar-refractivity contribution in [3.8, 4) is 11.9 Å². The van der Waals surface area contributed by atoms with Crippen LogP contribution in [0, 0.1) is 0 Å². The van der Waals surface area contributed by atoms with Crippen molar-refractivity contribution >= 4 is 0 Å². The predicted molar refractivity (Wildman–Crippen MR) is 64.3 cm³/mol. The maximum atomic E-state index is 5.71. The van der Waals surface area contributed by atoms with Crippen molar-refractivity contribution in [2.75, 3.05) is 19.7 Å². The van der Waals surface area contributed by atoms with Gasteiger partial charge in [0, 0.05) is 18.8 Å². The van der Waals surface area contributed by atoms with Gasteiger partial charge < -0.3 is 14.8 Å². The highest BCUT2D eigenvalue weighted by Gasteiger charge is 2.15. The highest BCUT2D eigenvalue weighted by Crippen LogP contribution is 2.14. The number of nitrogens with zero attached hydrogens (tertiary/aromatic N) is 2. The van der Waals surface area contributed by atoms with Crippen LogP contribution in [0.3, 0.4) is 0 Å². The Hall–Kier alpha value is -1.36. The number of hydrogen-bond donors (Lipinski definition) is 1. The molecule has 1 fully saturated rings. The minimum atomic E-state index is 0.171. The Morgan fingerprint density at radius 2 is 2.47 bits per heavy atom. The third kappa shape index (κ3) is 3.85. The predicted octanol–water partition coefficient (Wildman–Crippen LogP) is 1.40. The van der Waals surface area contributed by atoms with Crippen LogP contribution in [0.25, 0.3) is 0 Å². The lowest BCUT2D eigenvalue weighted by atomic mass is 10.1. The first-order valence-electron chi connectivity index (χ1n) is 6.21. The van der Waals surface area contributed by atoms with Gasteiger partial charge in [0.05, 0.1) is 6.61 Å². The van der Waals surface area contributed by atoms with Crippen LogP contribution in [-0.4, -0.2) is 35.8 Å². The van der Waals surface area contributed by atoms with Gasteiger partial charge in [-0.1, -0.05) is 6.92 Å². The molecule has 1 aromatic heterocycles. The number of nitrogens with one attached hydrogen (secondary N) is 1. The van der Waals surface area contributed by atoms with E-state index < -0.39 is 0 Å². The van der Waals surface area contributed by atoms with Gasteiger partial charge in [-0.3, -0.25) is 0 Å². The fourth-order valence-corrected chi connectivity index (χ4v) is 1.74. The maximum Gasteiger partial charge on any atom is 0.319 e. The van der Waals surface area contributed by atoms with Gasteiger partial charge in [-0.2, -0.15) is 4.98 Å². The van der Waals surface area contributed by atoms with Gasteiger partial charge >= 0.3 is 6.01 Å². The molecule has 2 rings (SSSR count). The number of hydrogen-bond acceptors (Lipinski definition) is 5. The molecule has 1 aromatic rings. The molecule has 1 N–H and O–H groups in total. The Labute approximate surface area is 102 Å². The lowest BCUT2D eigenvalue weighted by Crippen LogP contribution is -2.37. The van der Waals surface area contributed by atoms with Crippen molar-refractivity contribution in [3.63, 3.8) is 0 Å². The fourth-order valence-electron chi connectivity index (χ4n) is 1.74. The first-order chi connectivity index (χ1) is 8.38. The van der Waals surface area contributed by atoms with Crippen LogP contribution in [0.15, 0.2) is 12.3 Å². The zero-order valence-electron chi connectivity index (χ0n) is 10.2. The van der Waals surface area contributed by atoms with Crippen molar-refractivity contribution in [2.24, 2.45) is 0 Å². The fraction of sp³-hybridized carbons (Fsp3) is 0.667. The van der Waals surface area contributed by atoms with Crippen LogP contribution < -0.4 is 14.8 Å². The highest BCUT2D eigenvalue weighted by molar-refractivity contribution is 5.11. The van der Waals surface area contributed by atoms with E-state index in [4.69, 9.17) is 9.47 Å². The summed E-state index contributed by atoms with van der Waals surface area (Å²) in [5.74, 6) is 0.584. The van der Waals surface area contributed by atoms with Gasteiger partial charge in [0.2, 0.25) is 5.88 Å². The van der Waals surface area contributed by atoms with Crippen LogP contribution in [0.4, 0.5) is 0 Å². The zero-order valence-corrected chi connectivity index (χ0v) is 10.2. The Morgan fingerprint density at radius 1 is 1.53 bits per heavy atom. The first kappa shape index (κ1) is 12.1. The van der Waals surface area contributed by atoms with Crippen LogP contribution in [0.1, 0.15) is 26.2 Å². The monoisotopic (exact) mass is 237 g/mol. The molecule has 2 heterocycles. The molecule has 0 aliphatic carbocycles. The molecule has 1 atom stereocenters. The number of rotatable bonds is 5. The van der Waals surface area contributed by atoms with E-state index in [2.05, 4.69) is 22.2 Å². The quantitative estimate of drug-likeness (QED) is 0.838. The summed E-state index contributed by atoms with van der Waals surface area (Å²) in [6.07, 6.45) is 4.99. The normalized spacial score (nSPS) is 19.9. The molecule has 0 aromatic carbocycles. The van der Waals surface area contributed by atoms with Crippen LogP contribution in [0.5, 0.6) is 11.9 Å². The molecule has 1 aliphatic heterocycles. The molecule has 1 aliphatic rings. The van der Waals surface area contributed by atoms with Gasteiger partial charge in [-0.05, 0) is 25.8 Å². The van der Waals surface area contributed by atoms with E-state index in [1.165, 1.54) is 0 Å². The largest absolute Gasteiger partial charge is 0.478 e. The average molecular weight is 237 g/mol. The smallest absolute Gasteiger partial charge is 0.319 e. The highest BCUT2D eigenvalue weighted by atomic mass is 16.5. The van der Waals surface area contributed by atoms with Gasteiger partial charge in [-0.25, -0.2) is 4.98 Å². The van der Waals surface area contributed by atoms with Gasteiger partial charge in [-0.15, -0.1) is 0 Å². The molecule has 1 unspecified atom stereocenters. The van der Waals surface area contributed by atoms with Crippen molar-refractivity contribution in [2.45, 2.75) is 32.3 Å². The second-order valence-electron chi connectivity index (χ2n) is 4.11. The lowest BCUT2D eigenvalue weighted by molar-refractivity contribution is 0.151. The Bertz CT molecular complexity index is 340. The summed E-state index contributed by atoms with van der Waals surface area (Å²) in [6, 6.07) is 2.16. The zero-order chi connectivity index (χ0) is 11.9. The van der Waals surface area contributed by atoms with E-state index in [1.54, 1.807) is 12.3 Å². The summed E-state index contributed by atoms with van der Waals surface area (Å²) >= 11 is 0. The average Bonchev–Trinajstić information content (AvgIpc) is 2.38. The summed E-state index contributed by atoms with van der Waals surface area (Å²) in [5, 5.41) is 3.29. The van der Waals surface area contributed by atoms with E-state index in [0.717, 1.165) is 32.4 Å². The van der Waals surface area contributed by atoms with Gasteiger partial charge in [0.15, 0.2) is 0 Å². The van der Waals surface area contributed by atoms with Crippen molar-refractivity contribution < 1.29 is 9.47 Å².